The third-order valence-corrected chi connectivity index (χ3v) is 8.91. The van der Waals surface area contributed by atoms with Crippen molar-refractivity contribution < 1.29 is 23.9 Å². The number of benzene rings is 2. The Morgan fingerprint density at radius 2 is 1.75 bits per heavy atom. The fraction of sp³-hybridized carbons (Fsp3) is 0.545. The summed E-state index contributed by atoms with van der Waals surface area (Å²) in [7, 11) is 3.98. The van der Waals surface area contributed by atoms with Crippen LogP contribution in [0.15, 0.2) is 54.6 Å². The number of rotatable bonds is 10. The molecule has 0 radical (unpaired) electrons. The van der Waals surface area contributed by atoms with Crippen LogP contribution in [0.25, 0.3) is 0 Å². The van der Waals surface area contributed by atoms with Crippen LogP contribution in [0, 0.1) is 0 Å². The third kappa shape index (κ3) is 6.74. The van der Waals surface area contributed by atoms with Gasteiger partial charge in [0.1, 0.15) is 11.4 Å². The molecule has 0 aromatic heterocycles. The molecule has 0 spiro atoms. The first-order valence-corrected chi connectivity index (χ1v) is 14.6. The summed E-state index contributed by atoms with van der Waals surface area (Å²) in [4.78, 5) is 41.7. The monoisotopic (exact) mass is 548 g/mol. The minimum absolute atomic E-state index is 0.0290. The second-order valence-electron chi connectivity index (χ2n) is 11.7. The van der Waals surface area contributed by atoms with Gasteiger partial charge in [0.15, 0.2) is 0 Å². The molecule has 1 aliphatic heterocycles. The molecule has 7 nitrogen and oxygen atoms in total. The van der Waals surface area contributed by atoms with E-state index in [2.05, 4.69) is 36.2 Å². The highest BCUT2D eigenvalue weighted by atomic mass is 16.6. The molecule has 2 fully saturated rings. The van der Waals surface area contributed by atoms with E-state index < -0.39 is 11.0 Å². The van der Waals surface area contributed by atoms with E-state index in [0.717, 1.165) is 50.6 Å². The van der Waals surface area contributed by atoms with Crippen molar-refractivity contribution in [2.45, 2.75) is 88.7 Å². The Hall–Kier alpha value is -3.19. The van der Waals surface area contributed by atoms with Gasteiger partial charge in [-0.2, -0.15) is 0 Å². The number of hydrogen-bond donors (Lipinski definition) is 0. The van der Waals surface area contributed by atoms with Crippen LogP contribution in [0.3, 0.4) is 0 Å². The summed E-state index contributed by atoms with van der Waals surface area (Å²) >= 11 is 0. The number of fused-ring (bicyclic) bond motifs is 1. The molecule has 2 aromatic carbocycles. The summed E-state index contributed by atoms with van der Waals surface area (Å²) in [5, 5.41) is 0. The normalized spacial score (nSPS) is 24.6. The van der Waals surface area contributed by atoms with Gasteiger partial charge in [-0.05, 0) is 81.8 Å². The van der Waals surface area contributed by atoms with Gasteiger partial charge in [-0.1, -0.05) is 48.9 Å². The fourth-order valence-electron chi connectivity index (χ4n) is 6.93. The first-order valence-electron chi connectivity index (χ1n) is 14.6. The predicted molar refractivity (Wildman–Crippen MR) is 155 cm³/mol. The van der Waals surface area contributed by atoms with Gasteiger partial charge in [0.25, 0.3) is 0 Å². The Balaban J connectivity index is 1.51. The Labute approximate surface area is 238 Å². The minimum atomic E-state index is -0.724. The topological polar surface area (TPSA) is 76.2 Å². The van der Waals surface area contributed by atoms with Crippen LogP contribution in [0.5, 0.6) is 5.75 Å². The van der Waals surface area contributed by atoms with Crippen molar-refractivity contribution in [3.8, 4) is 5.75 Å². The van der Waals surface area contributed by atoms with E-state index >= 15 is 0 Å². The Morgan fingerprint density at radius 3 is 2.48 bits per heavy atom. The quantitative estimate of drug-likeness (QED) is 0.228. The number of esters is 2. The molecule has 0 unspecified atom stereocenters. The van der Waals surface area contributed by atoms with Gasteiger partial charge in [-0.25, -0.2) is 0 Å². The summed E-state index contributed by atoms with van der Waals surface area (Å²) in [5.74, 6) is -0.0207. The minimum Gasteiger partial charge on any atom is -0.457 e. The number of piperidine rings is 1. The largest absolute Gasteiger partial charge is 0.457 e. The molecule has 2 aromatic rings. The number of aryl methyl sites for hydroxylation is 1. The molecule has 1 saturated heterocycles. The highest BCUT2D eigenvalue weighted by Crippen LogP contribution is 2.54. The summed E-state index contributed by atoms with van der Waals surface area (Å²) in [6.07, 6.45) is 7.44. The number of hydrogen-bond acceptors (Lipinski definition) is 6. The third-order valence-electron chi connectivity index (χ3n) is 8.91. The Kier molecular flexibility index (Phi) is 9.67. The van der Waals surface area contributed by atoms with Crippen LogP contribution in [-0.4, -0.2) is 66.5 Å². The van der Waals surface area contributed by atoms with Crippen LogP contribution in [0.2, 0.25) is 0 Å². The van der Waals surface area contributed by atoms with Crippen molar-refractivity contribution >= 4 is 17.8 Å². The van der Waals surface area contributed by atoms with E-state index in [-0.39, 0.29) is 23.9 Å². The maximum atomic E-state index is 13.3. The number of carbonyl (C=O) groups excluding carboxylic acids is 3. The Morgan fingerprint density at radius 1 is 0.975 bits per heavy atom. The average Bonchev–Trinajstić information content (AvgIpc) is 2.92. The van der Waals surface area contributed by atoms with Crippen molar-refractivity contribution in [2.75, 3.05) is 27.2 Å². The second-order valence-corrected chi connectivity index (χ2v) is 11.7. The van der Waals surface area contributed by atoms with Crippen molar-refractivity contribution in [3.63, 3.8) is 0 Å². The molecule has 216 valence electrons. The molecule has 2 aliphatic rings. The number of unbranched alkanes of at least 4 members (excludes halogenated alkanes) is 2. The Bertz CT molecular complexity index is 1180. The highest BCUT2D eigenvalue weighted by molar-refractivity contribution is 5.76. The first-order chi connectivity index (χ1) is 19.1. The number of amides is 1. The molecule has 1 amide bonds. The van der Waals surface area contributed by atoms with Gasteiger partial charge < -0.3 is 19.3 Å². The van der Waals surface area contributed by atoms with Gasteiger partial charge in [0, 0.05) is 45.3 Å². The highest BCUT2D eigenvalue weighted by Gasteiger charge is 2.61. The number of ether oxygens (including phenoxy) is 2. The molecule has 1 heterocycles. The molecule has 1 saturated carbocycles. The standard InChI is InChI=1S/C33H44N2O5/c1-25(36)39-30-16-11-15-28(22-30)32-20-21-34(3)24-33(32,40-26(2)37)19-18-29(23-32)35(4)31(38)17-10-6-9-14-27-12-7-5-8-13-27/h5,7-8,11-13,15-16,22,29H,6,9-10,14,17-21,23-24H2,1-4H3/t29-,32-,33-/m0/s1. The zero-order valence-electron chi connectivity index (χ0n) is 24.5. The molecular formula is C33H44N2O5. The van der Waals surface area contributed by atoms with Gasteiger partial charge in [-0.15, -0.1) is 0 Å². The lowest BCUT2D eigenvalue weighted by Crippen LogP contribution is -2.68. The zero-order chi connectivity index (χ0) is 28.8. The number of likely N-dealkylation sites (N-methyl/N-ethyl adjacent to an activating group) is 1. The SMILES string of the molecule is CC(=O)Oc1cccc([C@@]23CCN(C)C[C@@]2(OC(C)=O)CC[C@H](N(C)C(=O)CCCCCc2ccccc2)C3)c1. The lowest BCUT2D eigenvalue weighted by Gasteiger charge is -2.59. The van der Waals surface area contributed by atoms with E-state index in [4.69, 9.17) is 9.47 Å². The average molecular weight is 549 g/mol. The lowest BCUT2D eigenvalue weighted by atomic mass is 9.55. The van der Waals surface area contributed by atoms with Gasteiger partial charge >= 0.3 is 11.9 Å². The van der Waals surface area contributed by atoms with E-state index in [9.17, 15) is 14.4 Å². The van der Waals surface area contributed by atoms with Crippen LogP contribution in [0.1, 0.15) is 76.3 Å². The molecule has 0 N–H and O–H groups in total. The van der Waals surface area contributed by atoms with Crippen molar-refractivity contribution in [1.29, 1.82) is 0 Å². The summed E-state index contributed by atoms with van der Waals surface area (Å²) in [5.41, 5.74) is 1.10. The number of carbonyl (C=O) groups is 3. The molecular weight excluding hydrogens is 504 g/mol. The van der Waals surface area contributed by atoms with Crippen LogP contribution >= 0.6 is 0 Å². The van der Waals surface area contributed by atoms with Crippen LogP contribution < -0.4 is 4.74 Å². The number of nitrogens with zero attached hydrogens (tertiary/aromatic N) is 2. The van der Waals surface area contributed by atoms with Crippen molar-refractivity contribution in [2.24, 2.45) is 0 Å². The van der Waals surface area contributed by atoms with Crippen LogP contribution in [0.4, 0.5) is 0 Å². The molecule has 40 heavy (non-hydrogen) atoms. The maximum Gasteiger partial charge on any atom is 0.308 e. The van der Waals surface area contributed by atoms with E-state index in [1.54, 1.807) is 6.07 Å². The van der Waals surface area contributed by atoms with E-state index in [1.807, 2.05) is 36.2 Å². The smallest absolute Gasteiger partial charge is 0.308 e. The van der Waals surface area contributed by atoms with Gasteiger partial charge in [-0.3, -0.25) is 14.4 Å². The van der Waals surface area contributed by atoms with Gasteiger partial charge in [0.2, 0.25) is 5.91 Å². The summed E-state index contributed by atoms with van der Waals surface area (Å²) in [6.45, 7) is 4.33. The molecule has 0 bridgehead atoms. The van der Waals surface area contributed by atoms with Crippen molar-refractivity contribution in [3.05, 3.63) is 65.7 Å². The number of likely N-dealkylation sites (tertiary alicyclic amines) is 1. The van der Waals surface area contributed by atoms with Crippen molar-refractivity contribution in [1.82, 2.24) is 9.80 Å². The summed E-state index contributed by atoms with van der Waals surface area (Å²) < 4.78 is 11.7. The fourth-order valence-corrected chi connectivity index (χ4v) is 6.93. The van der Waals surface area contributed by atoms with E-state index in [1.165, 1.54) is 19.4 Å². The maximum absolute atomic E-state index is 13.3. The predicted octanol–water partition coefficient (Wildman–Crippen LogP) is 5.30. The van der Waals surface area contributed by atoms with Crippen LogP contribution in [-0.2, 0) is 31.0 Å². The zero-order valence-corrected chi connectivity index (χ0v) is 24.5. The van der Waals surface area contributed by atoms with E-state index in [0.29, 0.717) is 31.6 Å². The first kappa shape index (κ1) is 29.8. The second kappa shape index (κ2) is 13.0. The molecule has 3 atom stereocenters. The molecule has 1 aliphatic carbocycles. The lowest BCUT2D eigenvalue weighted by molar-refractivity contribution is -0.188. The molecule has 7 heteroatoms. The molecule has 4 rings (SSSR count). The van der Waals surface area contributed by atoms with Gasteiger partial charge in [0.05, 0.1) is 0 Å². The summed E-state index contributed by atoms with van der Waals surface area (Å²) in [6, 6.07) is 18.1.